The molecule has 0 spiro atoms. The summed E-state index contributed by atoms with van der Waals surface area (Å²) in [5, 5.41) is 20.8. The lowest BCUT2D eigenvalue weighted by molar-refractivity contribution is -0.140. The van der Waals surface area contributed by atoms with Crippen LogP contribution in [0.15, 0.2) is 29.3 Å². The lowest BCUT2D eigenvalue weighted by atomic mass is 9.96. The first kappa shape index (κ1) is 23.1. The Balaban J connectivity index is 1.89. The van der Waals surface area contributed by atoms with Crippen LogP contribution in [0.1, 0.15) is 34.9 Å². The van der Waals surface area contributed by atoms with Crippen LogP contribution in [0.3, 0.4) is 0 Å². The summed E-state index contributed by atoms with van der Waals surface area (Å²) in [5.41, 5.74) is -1.08. The predicted octanol–water partition coefficient (Wildman–Crippen LogP) is 3.48. The highest BCUT2D eigenvalue weighted by Gasteiger charge is 2.41. The lowest BCUT2D eigenvalue weighted by Gasteiger charge is -2.30. The largest absolute Gasteiger partial charge is 0.418 e. The Hall–Kier alpha value is -3.57. The van der Waals surface area contributed by atoms with Gasteiger partial charge in [-0.1, -0.05) is 17.8 Å². The number of hydrogen-bond acceptors (Lipinski definition) is 6. The number of hydrogen-bond donors (Lipinski definition) is 1. The average Bonchev–Trinajstić information content (AvgIpc) is 2.75. The Kier molecular flexibility index (Phi) is 6.70. The number of pyridine rings is 1. The molecule has 0 saturated carbocycles. The van der Waals surface area contributed by atoms with Gasteiger partial charge in [-0.05, 0) is 18.2 Å². The van der Waals surface area contributed by atoms with Crippen molar-refractivity contribution in [2.45, 2.75) is 31.1 Å². The van der Waals surface area contributed by atoms with Crippen molar-refractivity contribution in [1.29, 1.82) is 10.5 Å². The fraction of sp³-hybridized carbons (Fsp3) is 0.286. The molecule has 0 aliphatic carbocycles. The van der Waals surface area contributed by atoms with Crippen molar-refractivity contribution in [3.63, 3.8) is 0 Å². The second kappa shape index (κ2) is 9.28. The van der Waals surface area contributed by atoms with E-state index in [1.54, 1.807) is 24.3 Å². The first-order chi connectivity index (χ1) is 15.1. The summed E-state index contributed by atoms with van der Waals surface area (Å²) in [6, 6.07) is 9.70. The monoisotopic (exact) mass is 459 g/mol. The number of nitrogens with zero attached hydrogens (tertiary/aromatic N) is 4. The smallest absolute Gasteiger partial charge is 0.338 e. The number of amides is 2. The van der Waals surface area contributed by atoms with Gasteiger partial charge >= 0.3 is 6.18 Å². The van der Waals surface area contributed by atoms with Gasteiger partial charge in [0.2, 0.25) is 11.8 Å². The highest BCUT2D eigenvalue weighted by Crippen LogP contribution is 2.40. The van der Waals surface area contributed by atoms with Gasteiger partial charge in [-0.25, -0.2) is 4.98 Å². The van der Waals surface area contributed by atoms with E-state index >= 15 is 0 Å². The molecule has 0 atom stereocenters. The third-order valence-corrected chi connectivity index (χ3v) is 5.75. The second-order valence-corrected chi connectivity index (χ2v) is 7.89. The number of halogens is 3. The summed E-state index contributed by atoms with van der Waals surface area (Å²) in [4.78, 5) is 29.4. The number of rotatable bonds is 4. The van der Waals surface area contributed by atoms with E-state index < -0.39 is 23.2 Å². The third-order valence-electron chi connectivity index (χ3n) is 4.77. The minimum absolute atomic E-state index is 0.115. The Morgan fingerprint density at radius 2 is 2.03 bits per heavy atom. The minimum atomic E-state index is -4.83. The third kappa shape index (κ3) is 5.01. The standard InChI is InChI=1S/C21H16F3N5O2S/c1-12(30)29-6-5-17-16(10-29)19(21(22,23)24)15(9-26)20(28-17)32-11-18(31)27-14-4-2-3-13(7-14)8-25/h2-4,7H,5-6,10-11H2,1H3,(H,27,31). The number of thioether (sulfide) groups is 1. The van der Waals surface area contributed by atoms with Crippen LogP contribution in [-0.4, -0.2) is 34.0 Å². The zero-order chi connectivity index (χ0) is 23.5. The molecule has 3 rings (SSSR count). The van der Waals surface area contributed by atoms with Gasteiger partial charge in [0.05, 0.1) is 28.5 Å². The van der Waals surface area contributed by atoms with E-state index in [0.717, 1.165) is 11.8 Å². The molecular weight excluding hydrogens is 443 g/mol. The van der Waals surface area contributed by atoms with Crippen molar-refractivity contribution >= 4 is 29.3 Å². The number of benzene rings is 1. The molecule has 2 amide bonds. The second-order valence-electron chi connectivity index (χ2n) is 6.92. The van der Waals surface area contributed by atoms with Gasteiger partial charge in [0.25, 0.3) is 0 Å². The topological polar surface area (TPSA) is 110 Å². The van der Waals surface area contributed by atoms with Crippen molar-refractivity contribution in [2.75, 3.05) is 17.6 Å². The molecule has 7 nitrogen and oxygen atoms in total. The number of nitrogens with one attached hydrogen (secondary N) is 1. The van der Waals surface area contributed by atoms with E-state index in [0.29, 0.717) is 11.3 Å². The Bertz CT molecular complexity index is 1170. The number of carbonyl (C=O) groups excluding carboxylic acids is 2. The molecule has 1 aromatic heterocycles. The Labute approximate surface area is 185 Å². The van der Waals surface area contributed by atoms with E-state index in [4.69, 9.17) is 5.26 Å². The molecule has 1 aliphatic heterocycles. The van der Waals surface area contributed by atoms with Gasteiger partial charge in [0.15, 0.2) is 0 Å². The van der Waals surface area contributed by atoms with Crippen molar-refractivity contribution in [2.24, 2.45) is 0 Å². The van der Waals surface area contributed by atoms with Crippen LogP contribution >= 0.6 is 11.8 Å². The van der Waals surface area contributed by atoms with E-state index in [9.17, 15) is 28.0 Å². The molecule has 0 radical (unpaired) electrons. The Morgan fingerprint density at radius 3 is 2.66 bits per heavy atom. The van der Waals surface area contributed by atoms with Crippen LogP contribution in [-0.2, 0) is 28.7 Å². The molecule has 32 heavy (non-hydrogen) atoms. The van der Waals surface area contributed by atoms with E-state index in [2.05, 4.69) is 10.3 Å². The van der Waals surface area contributed by atoms with Gasteiger partial charge in [-0.15, -0.1) is 0 Å². The van der Waals surface area contributed by atoms with Gasteiger partial charge in [-0.2, -0.15) is 23.7 Å². The van der Waals surface area contributed by atoms with Crippen LogP contribution in [0.25, 0.3) is 0 Å². The number of anilines is 1. The summed E-state index contributed by atoms with van der Waals surface area (Å²) in [6.07, 6.45) is -4.71. The van der Waals surface area contributed by atoms with Gasteiger partial charge in [0.1, 0.15) is 11.1 Å². The maximum Gasteiger partial charge on any atom is 0.418 e. The van der Waals surface area contributed by atoms with Crippen LogP contribution in [0.2, 0.25) is 0 Å². The zero-order valence-corrected chi connectivity index (χ0v) is 17.6. The summed E-state index contributed by atoms with van der Waals surface area (Å²) in [5.74, 6) is -1.17. The summed E-state index contributed by atoms with van der Waals surface area (Å²) in [7, 11) is 0. The van der Waals surface area contributed by atoms with Crippen molar-refractivity contribution in [3.05, 3.63) is 52.2 Å². The molecule has 2 heterocycles. The van der Waals surface area contributed by atoms with E-state index in [1.165, 1.54) is 17.9 Å². The van der Waals surface area contributed by atoms with Gasteiger partial charge in [-0.3, -0.25) is 9.59 Å². The number of aromatic nitrogens is 1. The van der Waals surface area contributed by atoms with Crippen LogP contribution < -0.4 is 5.32 Å². The minimum Gasteiger partial charge on any atom is -0.338 e. The molecule has 1 aromatic carbocycles. The van der Waals surface area contributed by atoms with E-state index in [1.807, 2.05) is 6.07 Å². The number of carbonyl (C=O) groups is 2. The maximum absolute atomic E-state index is 13.9. The fourth-order valence-electron chi connectivity index (χ4n) is 3.32. The molecule has 1 N–H and O–H groups in total. The Morgan fingerprint density at radius 1 is 1.28 bits per heavy atom. The maximum atomic E-state index is 13.9. The average molecular weight is 459 g/mol. The molecule has 0 bridgehead atoms. The molecule has 0 fully saturated rings. The normalized spacial score (nSPS) is 13.0. The SMILES string of the molecule is CC(=O)N1CCc2nc(SCC(=O)Nc3cccc(C#N)c3)c(C#N)c(C(F)(F)F)c2C1. The quantitative estimate of drug-likeness (QED) is 0.701. The number of alkyl halides is 3. The predicted molar refractivity (Wildman–Crippen MR) is 109 cm³/mol. The summed E-state index contributed by atoms with van der Waals surface area (Å²) >= 11 is 0.728. The first-order valence-corrected chi connectivity index (χ1v) is 10.3. The fourth-order valence-corrected chi connectivity index (χ4v) is 4.13. The van der Waals surface area contributed by atoms with Crippen molar-refractivity contribution < 1.29 is 22.8 Å². The highest BCUT2D eigenvalue weighted by molar-refractivity contribution is 8.00. The van der Waals surface area contributed by atoms with Crippen molar-refractivity contribution in [3.8, 4) is 12.1 Å². The first-order valence-electron chi connectivity index (χ1n) is 9.35. The van der Waals surface area contributed by atoms with Crippen molar-refractivity contribution in [1.82, 2.24) is 9.88 Å². The zero-order valence-electron chi connectivity index (χ0n) is 16.8. The molecule has 0 saturated heterocycles. The number of nitriles is 2. The molecule has 2 aromatic rings. The molecule has 164 valence electrons. The highest BCUT2D eigenvalue weighted by atomic mass is 32.2. The summed E-state index contributed by atoms with van der Waals surface area (Å²) in [6.45, 7) is 1.21. The van der Waals surface area contributed by atoms with Gasteiger partial charge in [0, 0.05) is 43.4 Å². The van der Waals surface area contributed by atoms with Gasteiger partial charge < -0.3 is 10.2 Å². The molecule has 11 heteroatoms. The summed E-state index contributed by atoms with van der Waals surface area (Å²) < 4.78 is 41.7. The molecule has 1 aliphatic rings. The molecular formula is C21H16F3N5O2S. The lowest BCUT2D eigenvalue weighted by Crippen LogP contribution is -2.36. The number of fused-ring (bicyclic) bond motifs is 1. The van der Waals surface area contributed by atoms with E-state index in [-0.39, 0.29) is 47.5 Å². The molecule has 0 unspecified atom stereocenters. The van der Waals surface area contributed by atoms with Crippen LogP contribution in [0.4, 0.5) is 18.9 Å². The van der Waals surface area contributed by atoms with Crippen LogP contribution in [0, 0.1) is 22.7 Å². The van der Waals surface area contributed by atoms with Crippen LogP contribution in [0.5, 0.6) is 0 Å².